The van der Waals surface area contributed by atoms with E-state index in [2.05, 4.69) is 40.5 Å². The average molecular weight is 244 g/mol. The van der Waals surface area contributed by atoms with E-state index in [4.69, 9.17) is 0 Å². The normalized spacial score (nSPS) is 24.2. The van der Waals surface area contributed by atoms with Crippen molar-refractivity contribution in [1.29, 1.82) is 0 Å². The lowest BCUT2D eigenvalue weighted by Gasteiger charge is -2.39. The Labute approximate surface area is 110 Å². The zero-order valence-electron chi connectivity index (χ0n) is 11.1. The first-order valence-corrected chi connectivity index (χ1v) is 7.43. The van der Waals surface area contributed by atoms with Crippen molar-refractivity contribution >= 4 is 0 Å². The zero-order chi connectivity index (χ0) is 12.2. The van der Waals surface area contributed by atoms with Gasteiger partial charge >= 0.3 is 0 Å². The Kier molecular flexibility index (Phi) is 3.96. The van der Waals surface area contributed by atoms with E-state index in [0.29, 0.717) is 0 Å². The highest BCUT2D eigenvalue weighted by Gasteiger charge is 2.26. The van der Waals surface area contributed by atoms with Gasteiger partial charge in [0.1, 0.15) is 0 Å². The number of likely N-dealkylation sites (tertiary alicyclic amines) is 1. The lowest BCUT2D eigenvalue weighted by molar-refractivity contribution is 0.127. The summed E-state index contributed by atoms with van der Waals surface area (Å²) in [5.41, 5.74) is 1.54. The lowest BCUT2D eigenvalue weighted by Crippen LogP contribution is -2.46. The number of hydrogen-bond acceptors (Lipinski definition) is 2. The third-order valence-electron chi connectivity index (χ3n) is 4.63. The smallest absolute Gasteiger partial charge is 0.0119 e. The summed E-state index contributed by atoms with van der Waals surface area (Å²) < 4.78 is 0. The van der Waals surface area contributed by atoms with Gasteiger partial charge < -0.3 is 10.2 Å². The third-order valence-corrected chi connectivity index (χ3v) is 4.63. The molecule has 3 rings (SSSR count). The molecule has 0 spiro atoms. The van der Waals surface area contributed by atoms with Crippen molar-refractivity contribution in [1.82, 2.24) is 10.2 Å². The van der Waals surface area contributed by atoms with Crippen LogP contribution >= 0.6 is 0 Å². The first-order valence-electron chi connectivity index (χ1n) is 7.43. The van der Waals surface area contributed by atoms with Crippen LogP contribution in [-0.2, 0) is 0 Å². The van der Waals surface area contributed by atoms with Gasteiger partial charge in [0, 0.05) is 6.04 Å². The topological polar surface area (TPSA) is 15.3 Å². The first kappa shape index (κ1) is 12.2. The van der Waals surface area contributed by atoms with Crippen molar-refractivity contribution in [2.24, 2.45) is 0 Å². The number of nitrogens with zero attached hydrogens (tertiary/aromatic N) is 1. The molecule has 1 N–H and O–H groups in total. The summed E-state index contributed by atoms with van der Waals surface area (Å²) in [6, 6.07) is 11.9. The molecule has 0 unspecified atom stereocenters. The van der Waals surface area contributed by atoms with Crippen LogP contribution in [0.25, 0.3) is 0 Å². The predicted octanol–water partition coefficient (Wildman–Crippen LogP) is 2.62. The van der Waals surface area contributed by atoms with Gasteiger partial charge in [0.2, 0.25) is 0 Å². The molecule has 0 aliphatic carbocycles. The van der Waals surface area contributed by atoms with E-state index >= 15 is 0 Å². The number of nitrogens with one attached hydrogen (secondary N) is 1. The molecule has 1 aromatic rings. The second kappa shape index (κ2) is 5.85. The fourth-order valence-electron chi connectivity index (χ4n) is 3.49. The van der Waals surface area contributed by atoms with Crippen molar-refractivity contribution in [2.75, 3.05) is 26.2 Å². The summed E-state index contributed by atoms with van der Waals surface area (Å²) in [4.78, 5) is 2.74. The number of rotatable bonds is 2. The summed E-state index contributed by atoms with van der Waals surface area (Å²) in [5.74, 6) is 0.796. The van der Waals surface area contributed by atoms with E-state index < -0.39 is 0 Å². The summed E-state index contributed by atoms with van der Waals surface area (Å²) in [5, 5.41) is 3.46. The molecule has 0 bridgehead atoms. The molecule has 0 atom stereocenters. The molecule has 0 radical (unpaired) electrons. The molecule has 2 aliphatic rings. The van der Waals surface area contributed by atoms with Crippen LogP contribution in [0.5, 0.6) is 0 Å². The summed E-state index contributed by atoms with van der Waals surface area (Å²) in [7, 11) is 0. The Bertz CT molecular complexity index is 349. The van der Waals surface area contributed by atoms with Crippen molar-refractivity contribution in [3.63, 3.8) is 0 Å². The van der Waals surface area contributed by atoms with E-state index in [1.54, 1.807) is 5.56 Å². The van der Waals surface area contributed by atoms with E-state index in [0.717, 1.165) is 12.0 Å². The molecule has 2 nitrogen and oxygen atoms in total. The number of piperidine rings is 2. The van der Waals surface area contributed by atoms with Gasteiger partial charge in [0.15, 0.2) is 0 Å². The maximum absolute atomic E-state index is 3.46. The highest BCUT2D eigenvalue weighted by atomic mass is 15.2. The average Bonchev–Trinajstić information content (AvgIpc) is 2.49. The van der Waals surface area contributed by atoms with Crippen molar-refractivity contribution in [3.8, 4) is 0 Å². The SMILES string of the molecule is c1ccc(C2CCN(C3CCNCC3)CC2)cc1. The van der Waals surface area contributed by atoms with Crippen molar-refractivity contribution in [3.05, 3.63) is 35.9 Å². The van der Waals surface area contributed by atoms with Crippen LogP contribution in [0.3, 0.4) is 0 Å². The van der Waals surface area contributed by atoms with Crippen LogP contribution in [-0.4, -0.2) is 37.1 Å². The third kappa shape index (κ3) is 2.76. The Morgan fingerprint density at radius 1 is 0.889 bits per heavy atom. The van der Waals surface area contributed by atoms with Crippen LogP contribution in [0.15, 0.2) is 30.3 Å². The molecule has 2 heterocycles. The second-order valence-corrected chi connectivity index (χ2v) is 5.70. The van der Waals surface area contributed by atoms with Gasteiger partial charge in [-0.25, -0.2) is 0 Å². The van der Waals surface area contributed by atoms with Gasteiger partial charge in [0.25, 0.3) is 0 Å². The maximum Gasteiger partial charge on any atom is 0.0119 e. The quantitative estimate of drug-likeness (QED) is 0.860. The van der Waals surface area contributed by atoms with E-state index in [9.17, 15) is 0 Å². The molecule has 18 heavy (non-hydrogen) atoms. The van der Waals surface area contributed by atoms with Gasteiger partial charge in [-0.1, -0.05) is 30.3 Å². The van der Waals surface area contributed by atoms with Gasteiger partial charge in [-0.3, -0.25) is 0 Å². The number of hydrogen-bond donors (Lipinski definition) is 1. The van der Waals surface area contributed by atoms with E-state index in [-0.39, 0.29) is 0 Å². The Morgan fingerprint density at radius 2 is 1.56 bits per heavy atom. The van der Waals surface area contributed by atoms with E-state index in [1.807, 2.05) is 0 Å². The van der Waals surface area contributed by atoms with Gasteiger partial charge in [-0.2, -0.15) is 0 Å². The summed E-state index contributed by atoms with van der Waals surface area (Å²) >= 11 is 0. The minimum Gasteiger partial charge on any atom is -0.317 e. The molecule has 2 fully saturated rings. The second-order valence-electron chi connectivity index (χ2n) is 5.70. The molecule has 1 aromatic carbocycles. The first-order chi connectivity index (χ1) is 8.93. The van der Waals surface area contributed by atoms with Gasteiger partial charge in [-0.05, 0) is 63.3 Å². The highest BCUT2D eigenvalue weighted by molar-refractivity contribution is 5.20. The molecular formula is C16H24N2. The lowest BCUT2D eigenvalue weighted by atomic mass is 9.88. The standard InChI is InChI=1S/C16H24N2/c1-2-4-14(5-3-1)15-8-12-18(13-9-15)16-6-10-17-11-7-16/h1-5,15-17H,6-13H2. The van der Waals surface area contributed by atoms with Gasteiger partial charge in [0.05, 0.1) is 0 Å². The van der Waals surface area contributed by atoms with E-state index in [1.165, 1.54) is 51.9 Å². The molecule has 0 saturated carbocycles. The van der Waals surface area contributed by atoms with Crippen molar-refractivity contribution < 1.29 is 0 Å². The Balaban J connectivity index is 1.54. The van der Waals surface area contributed by atoms with Crippen LogP contribution < -0.4 is 5.32 Å². The fourth-order valence-corrected chi connectivity index (χ4v) is 3.49. The fraction of sp³-hybridized carbons (Fsp3) is 0.625. The highest BCUT2D eigenvalue weighted by Crippen LogP contribution is 2.29. The van der Waals surface area contributed by atoms with Crippen LogP contribution in [0, 0.1) is 0 Å². The monoisotopic (exact) mass is 244 g/mol. The molecule has 2 saturated heterocycles. The van der Waals surface area contributed by atoms with Gasteiger partial charge in [-0.15, -0.1) is 0 Å². The Hall–Kier alpha value is -0.860. The molecule has 2 heteroatoms. The minimum absolute atomic E-state index is 0.796. The Morgan fingerprint density at radius 3 is 2.22 bits per heavy atom. The van der Waals surface area contributed by atoms with Crippen LogP contribution in [0.4, 0.5) is 0 Å². The summed E-state index contributed by atoms with van der Waals surface area (Å²) in [6.07, 6.45) is 5.37. The molecule has 98 valence electrons. The van der Waals surface area contributed by atoms with Crippen LogP contribution in [0.1, 0.15) is 37.2 Å². The zero-order valence-corrected chi connectivity index (χ0v) is 11.1. The molecule has 0 aromatic heterocycles. The number of benzene rings is 1. The van der Waals surface area contributed by atoms with Crippen LogP contribution in [0.2, 0.25) is 0 Å². The molecule has 0 amide bonds. The predicted molar refractivity (Wildman–Crippen MR) is 75.9 cm³/mol. The minimum atomic E-state index is 0.796. The summed E-state index contributed by atoms with van der Waals surface area (Å²) in [6.45, 7) is 5.01. The van der Waals surface area contributed by atoms with Crippen molar-refractivity contribution in [2.45, 2.75) is 37.6 Å². The molecular weight excluding hydrogens is 220 g/mol. The molecule has 2 aliphatic heterocycles. The largest absolute Gasteiger partial charge is 0.317 e. The maximum atomic E-state index is 3.46.